The van der Waals surface area contributed by atoms with Crippen molar-refractivity contribution in [3.05, 3.63) is 28.8 Å². The largest absolute Gasteiger partial charge is 0.370 e. The number of anilines is 1. The number of para-hydroxylation sites is 1. The number of carbonyl (C=O) groups excluding carboxylic acids is 1. The van der Waals surface area contributed by atoms with E-state index in [9.17, 15) is 4.79 Å². The van der Waals surface area contributed by atoms with Crippen LogP contribution in [0, 0.1) is 5.92 Å². The van der Waals surface area contributed by atoms with Gasteiger partial charge in [-0.1, -0.05) is 23.7 Å². The molecular formula is C16H22ClN3O. The van der Waals surface area contributed by atoms with Crippen molar-refractivity contribution in [3.8, 4) is 0 Å². The first-order chi connectivity index (χ1) is 10.1. The minimum absolute atomic E-state index is 0.0109. The number of halogens is 1. The van der Waals surface area contributed by atoms with Crippen LogP contribution in [0.1, 0.15) is 31.2 Å². The van der Waals surface area contributed by atoms with Crippen molar-refractivity contribution >= 4 is 23.2 Å². The van der Waals surface area contributed by atoms with Crippen molar-refractivity contribution in [2.24, 2.45) is 11.7 Å². The van der Waals surface area contributed by atoms with Crippen LogP contribution in [-0.4, -0.2) is 25.0 Å². The average molecular weight is 308 g/mol. The minimum atomic E-state index is -0.176. The van der Waals surface area contributed by atoms with Gasteiger partial charge >= 0.3 is 0 Å². The maximum Gasteiger partial charge on any atom is 0.220 e. The highest BCUT2D eigenvalue weighted by atomic mass is 35.5. The maximum absolute atomic E-state index is 11.3. The highest BCUT2D eigenvalue weighted by Gasteiger charge is 2.26. The standard InChI is InChI=1S/C16H22ClN3O/c17-14-3-1-2-12(10-19-13-4-5-13)15(14)20-8-6-11(7-9-20)16(18)21/h1-3,11,13,19H,4-10H2,(H2,18,21). The molecule has 5 heteroatoms. The molecule has 3 rings (SSSR count). The fourth-order valence-electron chi connectivity index (χ4n) is 2.99. The fourth-order valence-corrected chi connectivity index (χ4v) is 3.30. The van der Waals surface area contributed by atoms with E-state index in [0.29, 0.717) is 6.04 Å². The van der Waals surface area contributed by atoms with Gasteiger partial charge in [0.1, 0.15) is 0 Å². The van der Waals surface area contributed by atoms with Crippen molar-refractivity contribution in [3.63, 3.8) is 0 Å². The summed E-state index contributed by atoms with van der Waals surface area (Å²) in [4.78, 5) is 13.6. The lowest BCUT2D eigenvalue weighted by atomic mass is 9.95. The van der Waals surface area contributed by atoms with Crippen molar-refractivity contribution in [1.29, 1.82) is 0 Å². The fraction of sp³-hybridized carbons (Fsp3) is 0.562. The van der Waals surface area contributed by atoms with E-state index in [0.717, 1.165) is 43.2 Å². The van der Waals surface area contributed by atoms with Crippen LogP contribution < -0.4 is 16.0 Å². The number of primary amides is 1. The zero-order valence-corrected chi connectivity index (χ0v) is 12.9. The molecule has 0 unspecified atom stereocenters. The van der Waals surface area contributed by atoms with Gasteiger partial charge < -0.3 is 16.0 Å². The van der Waals surface area contributed by atoms with Gasteiger partial charge in [-0.05, 0) is 37.3 Å². The third-order valence-electron chi connectivity index (χ3n) is 4.44. The number of piperidine rings is 1. The molecule has 4 nitrogen and oxygen atoms in total. The van der Waals surface area contributed by atoms with Crippen LogP contribution in [0.15, 0.2) is 18.2 Å². The summed E-state index contributed by atoms with van der Waals surface area (Å²) in [6.45, 7) is 2.54. The number of nitrogens with two attached hydrogens (primary N) is 1. The van der Waals surface area contributed by atoms with Crippen LogP contribution in [0.3, 0.4) is 0 Å². The number of nitrogens with zero attached hydrogens (tertiary/aromatic N) is 1. The highest BCUT2D eigenvalue weighted by Crippen LogP contribution is 2.33. The second-order valence-corrected chi connectivity index (χ2v) is 6.47. The van der Waals surface area contributed by atoms with Crippen LogP contribution >= 0.6 is 11.6 Å². The summed E-state index contributed by atoms with van der Waals surface area (Å²) >= 11 is 6.43. The van der Waals surface area contributed by atoms with E-state index in [1.54, 1.807) is 0 Å². The first kappa shape index (κ1) is 14.7. The van der Waals surface area contributed by atoms with Gasteiger partial charge in [-0.3, -0.25) is 4.79 Å². The maximum atomic E-state index is 11.3. The molecule has 1 aromatic rings. The second-order valence-electron chi connectivity index (χ2n) is 6.07. The smallest absolute Gasteiger partial charge is 0.220 e. The van der Waals surface area contributed by atoms with Crippen molar-refractivity contribution in [1.82, 2.24) is 5.32 Å². The molecule has 114 valence electrons. The Kier molecular flexibility index (Phi) is 4.36. The summed E-state index contributed by atoms with van der Waals surface area (Å²) in [6, 6.07) is 6.76. The molecule has 3 N–H and O–H groups in total. The van der Waals surface area contributed by atoms with Crippen molar-refractivity contribution in [2.45, 2.75) is 38.3 Å². The molecule has 1 aliphatic heterocycles. The zero-order chi connectivity index (χ0) is 14.8. The molecule has 21 heavy (non-hydrogen) atoms. The van der Waals surface area contributed by atoms with Gasteiger partial charge in [0.15, 0.2) is 0 Å². The molecule has 0 radical (unpaired) electrons. The van der Waals surface area contributed by atoms with E-state index in [1.165, 1.54) is 18.4 Å². The average Bonchev–Trinajstić information content (AvgIpc) is 3.29. The molecule has 2 aliphatic rings. The van der Waals surface area contributed by atoms with Gasteiger partial charge in [0.05, 0.1) is 10.7 Å². The van der Waals surface area contributed by atoms with Gasteiger partial charge in [-0.15, -0.1) is 0 Å². The first-order valence-corrected chi connectivity index (χ1v) is 8.08. The molecule has 1 aliphatic carbocycles. The van der Waals surface area contributed by atoms with Crippen LogP contribution in [0.2, 0.25) is 5.02 Å². The molecule has 1 amide bonds. The summed E-state index contributed by atoms with van der Waals surface area (Å²) in [5, 5.41) is 4.34. The van der Waals surface area contributed by atoms with Crippen LogP contribution in [0.5, 0.6) is 0 Å². The van der Waals surface area contributed by atoms with Gasteiger partial charge in [0.25, 0.3) is 0 Å². The molecule has 0 spiro atoms. The molecule has 1 saturated heterocycles. The van der Waals surface area contributed by atoms with E-state index in [2.05, 4.69) is 16.3 Å². The molecule has 0 bridgehead atoms. The Balaban J connectivity index is 1.72. The molecule has 1 heterocycles. The predicted molar refractivity (Wildman–Crippen MR) is 85.4 cm³/mol. The lowest BCUT2D eigenvalue weighted by Crippen LogP contribution is -2.39. The molecule has 1 saturated carbocycles. The lowest BCUT2D eigenvalue weighted by molar-refractivity contribution is -0.122. The van der Waals surface area contributed by atoms with Gasteiger partial charge in [0.2, 0.25) is 5.91 Å². The van der Waals surface area contributed by atoms with E-state index < -0.39 is 0 Å². The van der Waals surface area contributed by atoms with E-state index in [4.69, 9.17) is 17.3 Å². The summed E-state index contributed by atoms with van der Waals surface area (Å²) < 4.78 is 0. The van der Waals surface area contributed by atoms with Crippen LogP contribution in [-0.2, 0) is 11.3 Å². The predicted octanol–water partition coefficient (Wildman–Crippen LogP) is 2.29. The first-order valence-electron chi connectivity index (χ1n) is 7.70. The highest BCUT2D eigenvalue weighted by molar-refractivity contribution is 6.33. The summed E-state index contributed by atoms with van der Waals surface area (Å²) in [5.74, 6) is -0.166. The Morgan fingerprint density at radius 3 is 2.62 bits per heavy atom. The summed E-state index contributed by atoms with van der Waals surface area (Å²) in [7, 11) is 0. The van der Waals surface area contributed by atoms with Crippen LogP contribution in [0.25, 0.3) is 0 Å². The zero-order valence-electron chi connectivity index (χ0n) is 12.1. The number of benzene rings is 1. The summed E-state index contributed by atoms with van der Waals surface area (Å²) in [6.07, 6.45) is 4.19. The number of rotatable bonds is 5. The normalized spacial score (nSPS) is 19.8. The van der Waals surface area contributed by atoms with Gasteiger partial charge in [-0.25, -0.2) is 0 Å². The van der Waals surface area contributed by atoms with Crippen LogP contribution in [0.4, 0.5) is 5.69 Å². The monoisotopic (exact) mass is 307 g/mol. The number of nitrogens with one attached hydrogen (secondary N) is 1. The Morgan fingerprint density at radius 1 is 1.29 bits per heavy atom. The lowest BCUT2D eigenvalue weighted by Gasteiger charge is -2.34. The van der Waals surface area contributed by atoms with E-state index in [-0.39, 0.29) is 11.8 Å². The SMILES string of the molecule is NC(=O)C1CCN(c2c(Cl)cccc2CNC2CC2)CC1. The topological polar surface area (TPSA) is 58.4 Å². The molecule has 2 fully saturated rings. The molecule has 1 aromatic carbocycles. The van der Waals surface area contributed by atoms with Crippen molar-refractivity contribution < 1.29 is 4.79 Å². The minimum Gasteiger partial charge on any atom is -0.370 e. The van der Waals surface area contributed by atoms with Gasteiger partial charge in [0, 0.05) is 31.6 Å². The number of carbonyl (C=O) groups is 1. The number of hydrogen-bond donors (Lipinski definition) is 2. The number of hydrogen-bond acceptors (Lipinski definition) is 3. The Labute approximate surface area is 130 Å². The third kappa shape index (κ3) is 3.50. The molecule has 0 atom stereocenters. The van der Waals surface area contributed by atoms with Gasteiger partial charge in [-0.2, -0.15) is 0 Å². The second kappa shape index (κ2) is 6.24. The molecule has 0 aromatic heterocycles. The molecular weight excluding hydrogens is 286 g/mol. The van der Waals surface area contributed by atoms with Crippen molar-refractivity contribution in [2.75, 3.05) is 18.0 Å². The Morgan fingerprint density at radius 2 is 2.00 bits per heavy atom. The Hall–Kier alpha value is -1.26. The summed E-state index contributed by atoms with van der Waals surface area (Å²) in [5.41, 5.74) is 7.77. The van der Waals surface area contributed by atoms with E-state index >= 15 is 0 Å². The quantitative estimate of drug-likeness (QED) is 0.877. The number of amides is 1. The Bertz CT molecular complexity index is 522. The van der Waals surface area contributed by atoms with E-state index in [1.807, 2.05) is 12.1 Å². The third-order valence-corrected chi connectivity index (χ3v) is 4.75.